The van der Waals surface area contributed by atoms with Gasteiger partial charge in [0.15, 0.2) is 0 Å². The van der Waals surface area contributed by atoms with Crippen LogP contribution < -0.4 is 5.32 Å². The number of nitrogens with zero attached hydrogens (tertiary/aromatic N) is 3. The molecule has 0 aliphatic carbocycles. The summed E-state index contributed by atoms with van der Waals surface area (Å²) in [7, 11) is 1.98. The highest BCUT2D eigenvalue weighted by molar-refractivity contribution is 5.94. The van der Waals surface area contributed by atoms with Crippen LogP contribution in [0.5, 0.6) is 0 Å². The van der Waals surface area contributed by atoms with Crippen molar-refractivity contribution in [1.29, 1.82) is 0 Å². The van der Waals surface area contributed by atoms with Crippen molar-refractivity contribution in [2.75, 3.05) is 0 Å². The van der Waals surface area contributed by atoms with Gasteiger partial charge in [-0.25, -0.2) is 4.68 Å². The maximum absolute atomic E-state index is 13.3. The Labute approximate surface area is 189 Å². The molecule has 0 unspecified atom stereocenters. The van der Waals surface area contributed by atoms with Gasteiger partial charge in [-0.05, 0) is 74.6 Å². The van der Waals surface area contributed by atoms with E-state index in [-0.39, 0.29) is 11.9 Å². The smallest absolute Gasteiger partial charge is 0.270 e. The summed E-state index contributed by atoms with van der Waals surface area (Å²) in [5, 5.41) is 8.02. The highest BCUT2D eigenvalue weighted by Gasteiger charge is 2.21. The molecule has 2 aromatic carbocycles. The van der Waals surface area contributed by atoms with E-state index in [1.165, 1.54) is 5.56 Å². The van der Waals surface area contributed by atoms with Crippen LogP contribution in [-0.4, -0.2) is 26.3 Å². The van der Waals surface area contributed by atoms with Crippen molar-refractivity contribution in [2.24, 2.45) is 7.05 Å². The third kappa shape index (κ3) is 4.67. The molecule has 2 aromatic heterocycles. The van der Waals surface area contributed by atoms with E-state index in [1.807, 2.05) is 61.1 Å². The van der Waals surface area contributed by atoms with Crippen LogP contribution in [0.25, 0.3) is 17.1 Å². The summed E-state index contributed by atoms with van der Waals surface area (Å²) in [5.74, 6) is -0.112. The lowest BCUT2D eigenvalue weighted by Crippen LogP contribution is -2.34. The Kier molecular flexibility index (Phi) is 6.26. The fourth-order valence-electron chi connectivity index (χ4n) is 3.92. The number of carbonyl (C=O) groups is 1. The molecule has 1 amide bonds. The van der Waals surface area contributed by atoms with Crippen molar-refractivity contribution >= 4 is 5.91 Å². The molecular weight excluding hydrogens is 396 g/mol. The molecule has 32 heavy (non-hydrogen) atoms. The molecule has 4 aromatic rings. The average Bonchev–Trinajstić information content (AvgIpc) is 3.41. The molecule has 0 saturated heterocycles. The number of nitrogens with one attached hydrogen (secondary N) is 1. The van der Waals surface area contributed by atoms with Crippen molar-refractivity contribution in [3.05, 3.63) is 95.3 Å². The molecule has 164 valence electrons. The number of aryl methyl sites for hydroxylation is 4. The minimum absolute atomic E-state index is 0.0446. The fraction of sp³-hybridized carbons (Fsp3) is 0.259. The fourth-order valence-corrected chi connectivity index (χ4v) is 3.92. The number of rotatable bonds is 7. The van der Waals surface area contributed by atoms with Crippen LogP contribution in [0.3, 0.4) is 0 Å². The van der Waals surface area contributed by atoms with Crippen molar-refractivity contribution in [2.45, 2.75) is 39.7 Å². The first-order valence-electron chi connectivity index (χ1n) is 11.1. The minimum Gasteiger partial charge on any atom is -0.349 e. The molecule has 0 saturated carbocycles. The lowest BCUT2D eigenvalue weighted by atomic mass is 10.1. The van der Waals surface area contributed by atoms with Gasteiger partial charge in [0.1, 0.15) is 11.4 Å². The molecule has 2 heterocycles. The molecule has 5 nitrogen and oxygen atoms in total. The summed E-state index contributed by atoms with van der Waals surface area (Å²) in [5.41, 5.74) is 6.70. The Bertz CT molecular complexity index is 1220. The van der Waals surface area contributed by atoms with E-state index < -0.39 is 0 Å². The number of benzene rings is 2. The van der Waals surface area contributed by atoms with Gasteiger partial charge in [0.25, 0.3) is 5.91 Å². The predicted molar refractivity (Wildman–Crippen MR) is 129 cm³/mol. The number of carbonyl (C=O) groups excluding carboxylic acids is 1. The van der Waals surface area contributed by atoms with Gasteiger partial charge in [-0.2, -0.15) is 5.10 Å². The van der Waals surface area contributed by atoms with E-state index in [1.54, 1.807) is 4.68 Å². The van der Waals surface area contributed by atoms with Crippen LogP contribution in [-0.2, 0) is 13.5 Å². The maximum Gasteiger partial charge on any atom is 0.270 e. The molecule has 0 aliphatic rings. The number of aromatic nitrogens is 3. The Hall–Kier alpha value is -3.60. The summed E-state index contributed by atoms with van der Waals surface area (Å²) in [6, 6.07) is 22.5. The molecule has 4 rings (SSSR count). The molecule has 1 atom stereocenters. The van der Waals surface area contributed by atoms with Gasteiger partial charge in [-0.15, -0.1) is 0 Å². The van der Waals surface area contributed by atoms with Crippen LogP contribution in [0.15, 0.2) is 72.9 Å². The quantitative estimate of drug-likeness (QED) is 0.439. The van der Waals surface area contributed by atoms with E-state index in [4.69, 9.17) is 5.10 Å². The van der Waals surface area contributed by atoms with E-state index in [0.717, 1.165) is 41.0 Å². The van der Waals surface area contributed by atoms with Crippen molar-refractivity contribution in [3.63, 3.8) is 0 Å². The summed E-state index contributed by atoms with van der Waals surface area (Å²) >= 11 is 0. The lowest BCUT2D eigenvalue weighted by molar-refractivity contribution is 0.0930. The summed E-state index contributed by atoms with van der Waals surface area (Å²) in [6.07, 6.45) is 3.78. The molecule has 0 radical (unpaired) electrons. The molecule has 5 heteroatoms. The van der Waals surface area contributed by atoms with Gasteiger partial charge in [0.2, 0.25) is 0 Å². The molecule has 0 bridgehead atoms. The van der Waals surface area contributed by atoms with Crippen LogP contribution in [0.2, 0.25) is 0 Å². The van der Waals surface area contributed by atoms with Crippen molar-refractivity contribution in [1.82, 2.24) is 19.7 Å². The minimum atomic E-state index is -0.112. The van der Waals surface area contributed by atoms with Gasteiger partial charge in [-0.1, -0.05) is 42.5 Å². The Morgan fingerprint density at radius 3 is 2.53 bits per heavy atom. The van der Waals surface area contributed by atoms with Crippen LogP contribution in [0.4, 0.5) is 0 Å². The topological polar surface area (TPSA) is 51.9 Å². The number of hydrogen-bond acceptors (Lipinski definition) is 2. The van der Waals surface area contributed by atoms with Crippen molar-refractivity contribution in [3.8, 4) is 17.1 Å². The molecule has 0 fully saturated rings. The SMILES string of the molecule is Cc1ccc(C)c(-n2nc(-c3cccn3C)cc2C(=O)N[C@@H](C)CCc2ccccc2)c1. The second kappa shape index (κ2) is 9.27. The first-order valence-corrected chi connectivity index (χ1v) is 11.1. The molecule has 0 spiro atoms. The third-order valence-electron chi connectivity index (χ3n) is 5.83. The van der Waals surface area contributed by atoms with Gasteiger partial charge >= 0.3 is 0 Å². The first-order chi connectivity index (χ1) is 15.4. The van der Waals surface area contributed by atoms with Crippen LogP contribution in [0, 0.1) is 13.8 Å². The largest absolute Gasteiger partial charge is 0.349 e. The summed E-state index contributed by atoms with van der Waals surface area (Å²) < 4.78 is 3.80. The third-order valence-corrected chi connectivity index (χ3v) is 5.83. The van der Waals surface area contributed by atoms with E-state index in [9.17, 15) is 4.79 Å². The number of amides is 1. The van der Waals surface area contributed by atoms with E-state index in [0.29, 0.717) is 5.69 Å². The van der Waals surface area contributed by atoms with Gasteiger partial charge in [0, 0.05) is 19.3 Å². The van der Waals surface area contributed by atoms with Crippen molar-refractivity contribution < 1.29 is 4.79 Å². The summed E-state index contributed by atoms with van der Waals surface area (Å²) in [4.78, 5) is 13.3. The Balaban J connectivity index is 1.62. The van der Waals surface area contributed by atoms with Gasteiger partial charge in [0.05, 0.1) is 11.4 Å². The Morgan fingerprint density at radius 1 is 1.03 bits per heavy atom. The zero-order chi connectivity index (χ0) is 22.7. The zero-order valence-electron chi connectivity index (χ0n) is 19.2. The van der Waals surface area contributed by atoms with Crippen LogP contribution >= 0.6 is 0 Å². The summed E-state index contributed by atoms with van der Waals surface area (Å²) in [6.45, 7) is 6.15. The molecule has 1 N–H and O–H groups in total. The van der Waals surface area contributed by atoms with E-state index >= 15 is 0 Å². The van der Waals surface area contributed by atoms with Crippen LogP contribution in [0.1, 0.15) is 40.5 Å². The highest BCUT2D eigenvalue weighted by Crippen LogP contribution is 2.24. The molecule has 0 aliphatic heterocycles. The van der Waals surface area contributed by atoms with Gasteiger partial charge < -0.3 is 9.88 Å². The van der Waals surface area contributed by atoms with E-state index in [2.05, 4.69) is 49.5 Å². The lowest BCUT2D eigenvalue weighted by Gasteiger charge is -2.15. The predicted octanol–water partition coefficient (Wildman–Crippen LogP) is 5.25. The zero-order valence-corrected chi connectivity index (χ0v) is 19.2. The standard InChI is InChI=1S/C27H30N4O/c1-19-12-13-20(2)25(17-19)31-26(18-23(29-31)24-11-8-16-30(24)4)27(32)28-21(3)14-15-22-9-6-5-7-10-22/h5-13,16-18,21H,14-15H2,1-4H3,(H,28,32)/t21-/m0/s1. The highest BCUT2D eigenvalue weighted by atomic mass is 16.2. The molecular formula is C27H30N4O. The second-order valence-corrected chi connectivity index (χ2v) is 8.52. The maximum atomic E-state index is 13.3. The normalized spacial score (nSPS) is 12.0. The second-order valence-electron chi connectivity index (χ2n) is 8.52. The Morgan fingerprint density at radius 2 is 1.81 bits per heavy atom. The monoisotopic (exact) mass is 426 g/mol. The average molecular weight is 427 g/mol. The number of hydrogen-bond donors (Lipinski definition) is 1. The first kappa shape index (κ1) is 21.6. The van der Waals surface area contributed by atoms with Gasteiger partial charge in [-0.3, -0.25) is 4.79 Å².